The van der Waals surface area contributed by atoms with Gasteiger partial charge in [-0.2, -0.15) is 16.7 Å². The van der Waals surface area contributed by atoms with Crippen LogP contribution in [-0.2, 0) is 0 Å². The number of aromatic nitrogens is 2. The molecular formula is C12H11ClFN3OS. The van der Waals surface area contributed by atoms with Crippen molar-refractivity contribution >= 4 is 23.4 Å². The summed E-state index contributed by atoms with van der Waals surface area (Å²) >= 11 is 7.51. The predicted octanol–water partition coefficient (Wildman–Crippen LogP) is 2.69. The highest BCUT2D eigenvalue weighted by molar-refractivity contribution is 7.99. The van der Waals surface area contributed by atoms with Crippen LogP contribution in [0.4, 0.5) is 4.39 Å². The maximum absolute atomic E-state index is 13.1. The van der Waals surface area contributed by atoms with Gasteiger partial charge < -0.3 is 10.3 Å². The van der Waals surface area contributed by atoms with E-state index in [4.69, 9.17) is 21.9 Å². The highest BCUT2D eigenvalue weighted by atomic mass is 35.5. The lowest BCUT2D eigenvalue weighted by Crippen LogP contribution is -2.26. The third-order valence-electron chi connectivity index (χ3n) is 3.06. The van der Waals surface area contributed by atoms with E-state index in [0.29, 0.717) is 17.3 Å². The van der Waals surface area contributed by atoms with Gasteiger partial charge in [-0.25, -0.2) is 4.39 Å². The minimum absolute atomic E-state index is 0.0371. The second-order valence-corrected chi connectivity index (χ2v) is 5.88. The number of hydrogen-bond acceptors (Lipinski definition) is 5. The zero-order chi connectivity index (χ0) is 13.4. The van der Waals surface area contributed by atoms with Crippen LogP contribution in [0.15, 0.2) is 22.7 Å². The molecule has 0 amide bonds. The first-order valence-electron chi connectivity index (χ1n) is 5.77. The third-order valence-corrected chi connectivity index (χ3v) is 4.57. The van der Waals surface area contributed by atoms with Crippen molar-refractivity contribution in [1.29, 1.82) is 0 Å². The lowest BCUT2D eigenvalue weighted by Gasteiger charge is -2.07. The lowest BCUT2D eigenvalue weighted by atomic mass is 10.1. The van der Waals surface area contributed by atoms with Gasteiger partial charge in [-0.05, 0) is 18.2 Å². The van der Waals surface area contributed by atoms with Crippen LogP contribution < -0.4 is 5.73 Å². The van der Waals surface area contributed by atoms with Crippen LogP contribution in [0.3, 0.4) is 0 Å². The van der Waals surface area contributed by atoms with Crippen LogP contribution in [0.2, 0.25) is 5.02 Å². The largest absolute Gasteiger partial charge is 0.339 e. The number of rotatable bonds is 2. The molecule has 2 atom stereocenters. The van der Waals surface area contributed by atoms with Gasteiger partial charge in [-0.1, -0.05) is 16.8 Å². The number of thioether (sulfide) groups is 1. The molecule has 1 aromatic heterocycles. The van der Waals surface area contributed by atoms with Gasteiger partial charge in [0.25, 0.3) is 0 Å². The second kappa shape index (κ2) is 5.11. The second-order valence-electron chi connectivity index (χ2n) is 4.39. The molecule has 1 aliphatic heterocycles. The minimum Gasteiger partial charge on any atom is -0.339 e. The maximum Gasteiger partial charge on any atom is 0.232 e. The molecule has 19 heavy (non-hydrogen) atoms. The van der Waals surface area contributed by atoms with Crippen LogP contribution >= 0.6 is 23.4 Å². The molecule has 0 saturated carbocycles. The molecule has 1 aliphatic rings. The molecule has 0 spiro atoms. The van der Waals surface area contributed by atoms with Gasteiger partial charge in [0.15, 0.2) is 0 Å². The van der Waals surface area contributed by atoms with Gasteiger partial charge in [-0.3, -0.25) is 0 Å². The van der Waals surface area contributed by atoms with Crippen LogP contribution in [0.5, 0.6) is 0 Å². The Bertz CT molecular complexity index is 606. The first-order chi connectivity index (χ1) is 9.15. The summed E-state index contributed by atoms with van der Waals surface area (Å²) in [5.74, 6) is 2.33. The van der Waals surface area contributed by atoms with Crippen LogP contribution in [0, 0.1) is 5.82 Å². The zero-order valence-electron chi connectivity index (χ0n) is 9.85. The molecule has 3 rings (SSSR count). The zero-order valence-corrected chi connectivity index (χ0v) is 11.4. The van der Waals surface area contributed by atoms with Gasteiger partial charge in [0.05, 0.1) is 10.9 Å². The molecule has 4 nitrogen and oxygen atoms in total. The fraction of sp³-hybridized carbons (Fsp3) is 0.333. The summed E-state index contributed by atoms with van der Waals surface area (Å²) in [6, 6.07) is 4.37. The van der Waals surface area contributed by atoms with E-state index in [-0.39, 0.29) is 17.0 Å². The summed E-state index contributed by atoms with van der Waals surface area (Å²) in [7, 11) is 0. The molecule has 0 bridgehead atoms. The van der Waals surface area contributed by atoms with Crippen molar-refractivity contribution < 1.29 is 8.91 Å². The Morgan fingerprint density at radius 3 is 2.95 bits per heavy atom. The number of nitrogens with two attached hydrogens (primary N) is 1. The molecule has 2 unspecified atom stereocenters. The van der Waals surface area contributed by atoms with Crippen molar-refractivity contribution in [1.82, 2.24) is 10.1 Å². The van der Waals surface area contributed by atoms with E-state index >= 15 is 0 Å². The molecule has 1 saturated heterocycles. The molecule has 2 aromatic rings. The van der Waals surface area contributed by atoms with Crippen molar-refractivity contribution in [3.63, 3.8) is 0 Å². The number of halogens is 2. The Balaban J connectivity index is 1.90. The monoisotopic (exact) mass is 299 g/mol. The Morgan fingerprint density at radius 1 is 1.42 bits per heavy atom. The molecule has 2 N–H and O–H groups in total. The molecule has 0 radical (unpaired) electrons. The van der Waals surface area contributed by atoms with Gasteiger partial charge in [0, 0.05) is 23.1 Å². The van der Waals surface area contributed by atoms with Crippen LogP contribution in [-0.4, -0.2) is 27.7 Å². The quantitative estimate of drug-likeness (QED) is 0.923. The third kappa shape index (κ3) is 2.48. The number of hydrogen-bond donors (Lipinski definition) is 1. The number of nitrogens with zero attached hydrogens (tertiary/aromatic N) is 2. The van der Waals surface area contributed by atoms with Crippen molar-refractivity contribution in [3.8, 4) is 11.4 Å². The predicted molar refractivity (Wildman–Crippen MR) is 72.7 cm³/mol. The topological polar surface area (TPSA) is 64.9 Å². The molecule has 0 aliphatic carbocycles. The smallest absolute Gasteiger partial charge is 0.232 e. The Morgan fingerprint density at radius 2 is 2.26 bits per heavy atom. The average Bonchev–Trinajstić information content (AvgIpc) is 3.01. The summed E-state index contributed by atoms with van der Waals surface area (Å²) in [4.78, 5) is 4.33. The van der Waals surface area contributed by atoms with Crippen molar-refractivity contribution in [2.24, 2.45) is 5.73 Å². The van der Waals surface area contributed by atoms with Crippen molar-refractivity contribution in [2.75, 3.05) is 11.5 Å². The van der Waals surface area contributed by atoms with Gasteiger partial charge >= 0.3 is 0 Å². The van der Waals surface area contributed by atoms with E-state index in [9.17, 15) is 4.39 Å². The van der Waals surface area contributed by atoms with Crippen LogP contribution in [0.1, 0.15) is 11.8 Å². The fourth-order valence-corrected chi connectivity index (χ4v) is 3.43. The Kier molecular flexibility index (Phi) is 3.47. The highest BCUT2D eigenvalue weighted by Crippen LogP contribution is 2.32. The fourth-order valence-electron chi connectivity index (χ4n) is 1.96. The molecular weight excluding hydrogens is 289 g/mol. The van der Waals surface area contributed by atoms with Crippen molar-refractivity contribution in [2.45, 2.75) is 12.0 Å². The molecule has 7 heteroatoms. The van der Waals surface area contributed by atoms with E-state index in [1.54, 1.807) is 17.8 Å². The molecule has 1 aromatic carbocycles. The van der Waals surface area contributed by atoms with E-state index in [1.165, 1.54) is 12.1 Å². The first-order valence-corrected chi connectivity index (χ1v) is 7.31. The Hall–Kier alpha value is -1.11. The first kappa shape index (κ1) is 12.9. The summed E-state index contributed by atoms with van der Waals surface area (Å²) < 4.78 is 18.4. The Labute approximate surface area is 118 Å². The van der Waals surface area contributed by atoms with E-state index < -0.39 is 5.82 Å². The summed E-state index contributed by atoms with van der Waals surface area (Å²) in [5, 5.41) is 3.94. The minimum atomic E-state index is -0.469. The summed E-state index contributed by atoms with van der Waals surface area (Å²) in [5.41, 5.74) is 6.61. The van der Waals surface area contributed by atoms with Crippen LogP contribution in [0.25, 0.3) is 11.4 Å². The highest BCUT2D eigenvalue weighted by Gasteiger charge is 2.31. The van der Waals surface area contributed by atoms with Crippen molar-refractivity contribution in [3.05, 3.63) is 34.9 Å². The summed E-state index contributed by atoms with van der Waals surface area (Å²) in [6.07, 6.45) is 0. The molecule has 2 heterocycles. The summed E-state index contributed by atoms with van der Waals surface area (Å²) in [6.45, 7) is 0. The van der Waals surface area contributed by atoms with Gasteiger partial charge in [0.1, 0.15) is 5.82 Å². The lowest BCUT2D eigenvalue weighted by molar-refractivity contribution is 0.352. The van der Waals surface area contributed by atoms with E-state index in [2.05, 4.69) is 10.1 Å². The molecule has 100 valence electrons. The average molecular weight is 300 g/mol. The van der Waals surface area contributed by atoms with E-state index in [0.717, 1.165) is 11.5 Å². The normalized spacial score (nSPS) is 22.9. The number of benzene rings is 1. The standard InChI is InChI=1S/C12H11ClFN3OS/c13-8-3-6(1-2-9(8)14)11-16-12(18-17-11)7-4-19-5-10(7)15/h1-3,7,10H,4-5,15H2. The van der Waals surface area contributed by atoms with Gasteiger partial charge in [0.2, 0.25) is 11.7 Å². The van der Waals surface area contributed by atoms with Gasteiger partial charge in [-0.15, -0.1) is 0 Å². The van der Waals surface area contributed by atoms with E-state index in [1.807, 2.05) is 0 Å². The SMILES string of the molecule is NC1CSCC1c1nc(-c2ccc(F)c(Cl)c2)no1. The molecule has 1 fully saturated rings. The maximum atomic E-state index is 13.1.